The molecule has 0 spiro atoms. The highest BCUT2D eigenvalue weighted by Crippen LogP contribution is 2.41. The van der Waals surface area contributed by atoms with Gasteiger partial charge in [-0.2, -0.15) is 0 Å². The predicted octanol–water partition coefficient (Wildman–Crippen LogP) is 8.57. The highest BCUT2D eigenvalue weighted by atomic mass is 79.9. The van der Waals surface area contributed by atoms with E-state index in [1.54, 1.807) is 0 Å². The van der Waals surface area contributed by atoms with E-state index in [0.29, 0.717) is 5.92 Å². The van der Waals surface area contributed by atoms with Crippen LogP contribution >= 0.6 is 31.9 Å². The molecule has 5 nitrogen and oxygen atoms in total. The fourth-order valence-electron chi connectivity index (χ4n) is 6.31. The number of benzene rings is 5. The second-order valence-electron chi connectivity index (χ2n) is 10.5. The van der Waals surface area contributed by atoms with E-state index in [9.17, 15) is 0 Å². The van der Waals surface area contributed by atoms with Crippen LogP contribution in [-0.2, 0) is 0 Å². The fraction of sp³-hybridized carbons (Fsp3) is 0.156. The van der Waals surface area contributed by atoms with Gasteiger partial charge in [-0.15, -0.1) is 0 Å². The number of imidazole rings is 1. The molecule has 2 aliphatic heterocycles. The molecule has 0 bridgehead atoms. The predicted molar refractivity (Wildman–Crippen MR) is 169 cm³/mol. The summed E-state index contributed by atoms with van der Waals surface area (Å²) < 4.78 is 2.21. The number of halogens is 2. The van der Waals surface area contributed by atoms with Crippen molar-refractivity contribution in [3.05, 3.63) is 105 Å². The van der Waals surface area contributed by atoms with Gasteiger partial charge in [0.1, 0.15) is 5.82 Å². The van der Waals surface area contributed by atoms with Crippen molar-refractivity contribution in [2.75, 3.05) is 35.6 Å². The van der Waals surface area contributed by atoms with Crippen LogP contribution in [0.1, 0.15) is 28.8 Å². The molecule has 6 aromatic rings. The Labute approximate surface area is 242 Å². The zero-order valence-corrected chi connectivity index (χ0v) is 24.2. The lowest BCUT2D eigenvalue weighted by Crippen LogP contribution is -2.14. The first-order valence-corrected chi connectivity index (χ1v) is 14.9. The van der Waals surface area contributed by atoms with Gasteiger partial charge in [0.05, 0.1) is 17.0 Å². The highest BCUT2D eigenvalue weighted by molar-refractivity contribution is 9.10. The molecule has 8 rings (SSSR count). The van der Waals surface area contributed by atoms with Gasteiger partial charge < -0.3 is 20.9 Å². The summed E-state index contributed by atoms with van der Waals surface area (Å²) in [7, 11) is 0. The molecule has 2 unspecified atom stereocenters. The van der Waals surface area contributed by atoms with Gasteiger partial charge in [0.2, 0.25) is 0 Å². The largest absolute Gasteiger partial charge is 0.384 e. The third-order valence-corrected chi connectivity index (χ3v) is 9.23. The van der Waals surface area contributed by atoms with Gasteiger partial charge in [-0.1, -0.05) is 62.2 Å². The summed E-state index contributed by atoms with van der Waals surface area (Å²) in [6, 6.07) is 28.3. The normalized spacial score (nSPS) is 17.8. The number of H-pyrrole nitrogens is 1. The SMILES string of the molecule is Brc1ccc2c(c1)C(CNc1ccc3c4ccccc4c4[nH]c(C5CNc6ccc(Br)cc65)nc4c3c1)CN2. The number of nitrogens with one attached hydrogen (secondary N) is 4. The fourth-order valence-corrected chi connectivity index (χ4v) is 7.07. The number of hydrogen-bond acceptors (Lipinski definition) is 4. The maximum absolute atomic E-state index is 5.27. The molecule has 192 valence electrons. The van der Waals surface area contributed by atoms with Crippen LogP contribution in [0.15, 0.2) is 87.8 Å². The number of nitrogens with zero attached hydrogens (tertiary/aromatic N) is 1. The van der Waals surface area contributed by atoms with Gasteiger partial charge in [-0.3, -0.25) is 0 Å². The van der Waals surface area contributed by atoms with E-state index in [1.165, 1.54) is 44.0 Å². The van der Waals surface area contributed by atoms with Crippen LogP contribution in [0.2, 0.25) is 0 Å². The van der Waals surface area contributed by atoms with Gasteiger partial charge in [0, 0.05) is 62.3 Å². The molecule has 2 aliphatic rings. The van der Waals surface area contributed by atoms with Crippen LogP contribution in [0.4, 0.5) is 17.1 Å². The Morgan fingerprint density at radius 1 is 0.744 bits per heavy atom. The number of fused-ring (bicyclic) bond motifs is 8. The molecule has 0 amide bonds. The molecule has 0 aliphatic carbocycles. The Bertz CT molecular complexity index is 1930. The number of aromatic nitrogens is 2. The summed E-state index contributed by atoms with van der Waals surface area (Å²) >= 11 is 7.29. The Balaban J connectivity index is 1.22. The lowest BCUT2D eigenvalue weighted by Gasteiger charge is -2.14. The molecule has 0 saturated carbocycles. The van der Waals surface area contributed by atoms with Crippen molar-refractivity contribution < 1.29 is 0 Å². The summed E-state index contributed by atoms with van der Waals surface area (Å²) in [4.78, 5) is 9.01. The maximum atomic E-state index is 5.27. The average molecular weight is 639 g/mol. The summed E-state index contributed by atoms with van der Waals surface area (Å²) in [5, 5.41) is 15.7. The second kappa shape index (κ2) is 9.00. The van der Waals surface area contributed by atoms with Crippen molar-refractivity contribution in [3.8, 4) is 0 Å². The van der Waals surface area contributed by atoms with Gasteiger partial charge in [-0.05, 0) is 70.4 Å². The first kappa shape index (κ1) is 23.3. The average Bonchev–Trinajstić information content (AvgIpc) is 3.68. The topological polar surface area (TPSA) is 64.8 Å². The van der Waals surface area contributed by atoms with Gasteiger partial charge in [-0.25, -0.2) is 4.98 Å². The number of rotatable bonds is 4. The Morgan fingerprint density at radius 2 is 1.46 bits per heavy atom. The molecule has 7 heteroatoms. The first-order chi connectivity index (χ1) is 19.1. The minimum Gasteiger partial charge on any atom is -0.384 e. The van der Waals surface area contributed by atoms with Gasteiger partial charge >= 0.3 is 0 Å². The molecule has 5 aromatic carbocycles. The molecule has 2 atom stereocenters. The molecular formula is C32H25Br2N5. The Kier molecular flexibility index (Phi) is 5.39. The van der Waals surface area contributed by atoms with Crippen molar-refractivity contribution in [1.29, 1.82) is 0 Å². The smallest absolute Gasteiger partial charge is 0.116 e. The number of anilines is 3. The van der Waals surface area contributed by atoms with Crippen LogP contribution in [0.3, 0.4) is 0 Å². The zero-order chi connectivity index (χ0) is 26.1. The summed E-state index contributed by atoms with van der Waals surface area (Å²) in [5.41, 5.74) is 8.30. The van der Waals surface area contributed by atoms with Crippen molar-refractivity contribution in [2.45, 2.75) is 11.8 Å². The first-order valence-electron chi connectivity index (χ1n) is 13.3. The monoisotopic (exact) mass is 637 g/mol. The van der Waals surface area contributed by atoms with Crippen molar-refractivity contribution >= 4 is 81.5 Å². The minimum atomic E-state index is 0.175. The summed E-state index contributed by atoms with van der Waals surface area (Å²) in [6.45, 7) is 2.64. The van der Waals surface area contributed by atoms with Crippen LogP contribution < -0.4 is 16.0 Å². The molecule has 1 aromatic heterocycles. The van der Waals surface area contributed by atoms with E-state index in [2.05, 4.69) is 132 Å². The van der Waals surface area contributed by atoms with Crippen LogP contribution in [0, 0.1) is 0 Å². The molecule has 0 radical (unpaired) electrons. The van der Waals surface area contributed by atoms with E-state index in [4.69, 9.17) is 4.98 Å². The van der Waals surface area contributed by atoms with E-state index >= 15 is 0 Å². The molecule has 39 heavy (non-hydrogen) atoms. The Morgan fingerprint density at radius 3 is 2.31 bits per heavy atom. The maximum Gasteiger partial charge on any atom is 0.116 e. The van der Waals surface area contributed by atoms with E-state index < -0.39 is 0 Å². The Hall–Kier alpha value is -3.55. The number of hydrogen-bond donors (Lipinski definition) is 4. The quantitative estimate of drug-likeness (QED) is 0.146. The van der Waals surface area contributed by atoms with Gasteiger partial charge in [0.15, 0.2) is 0 Å². The summed E-state index contributed by atoms with van der Waals surface area (Å²) in [6.07, 6.45) is 0. The van der Waals surface area contributed by atoms with E-state index in [-0.39, 0.29) is 5.92 Å². The zero-order valence-electron chi connectivity index (χ0n) is 21.0. The van der Waals surface area contributed by atoms with Crippen LogP contribution in [-0.4, -0.2) is 29.6 Å². The van der Waals surface area contributed by atoms with Crippen molar-refractivity contribution in [2.24, 2.45) is 0 Å². The second-order valence-corrected chi connectivity index (χ2v) is 12.3. The standard InChI is InChI=1S/C32H25Br2N5/c33-18-5-9-28-24(11-18)17(15-36-28)14-35-20-7-8-22-21-3-1-2-4-23(21)30-31(26(22)13-20)39-32(38-30)27-16-37-29-10-6-19(34)12-25(27)29/h1-13,17,27,35-37H,14-16H2,(H,38,39). The lowest BCUT2D eigenvalue weighted by molar-refractivity contribution is 0.796. The lowest BCUT2D eigenvalue weighted by atomic mass is 9.99. The highest BCUT2D eigenvalue weighted by Gasteiger charge is 2.28. The number of aromatic amines is 1. The van der Waals surface area contributed by atoms with Crippen molar-refractivity contribution in [1.82, 2.24) is 9.97 Å². The minimum absolute atomic E-state index is 0.175. The summed E-state index contributed by atoms with van der Waals surface area (Å²) in [5.74, 6) is 1.59. The molecule has 4 N–H and O–H groups in total. The van der Waals surface area contributed by atoms with Gasteiger partial charge in [0.25, 0.3) is 0 Å². The third kappa shape index (κ3) is 3.82. The van der Waals surface area contributed by atoms with E-state index in [1.807, 2.05) is 0 Å². The third-order valence-electron chi connectivity index (χ3n) is 8.24. The molecule has 3 heterocycles. The van der Waals surface area contributed by atoms with Crippen LogP contribution in [0.5, 0.6) is 0 Å². The molecule has 0 fully saturated rings. The molecular weight excluding hydrogens is 614 g/mol. The van der Waals surface area contributed by atoms with Crippen LogP contribution in [0.25, 0.3) is 32.6 Å². The van der Waals surface area contributed by atoms with Crippen molar-refractivity contribution in [3.63, 3.8) is 0 Å². The van der Waals surface area contributed by atoms with E-state index in [0.717, 1.165) is 51.1 Å². The molecule has 0 saturated heterocycles.